The number of carbonyl (C=O) groups excluding carboxylic acids is 1. The molecule has 1 aliphatic rings. The molecular formula is C15H17F2N3O3S. The molecule has 2 rings (SSSR count). The minimum absolute atomic E-state index is 0.0840. The normalized spacial score (nSPS) is 16.5. The lowest BCUT2D eigenvalue weighted by Gasteiger charge is -2.33. The topological polar surface area (TPSA) is 69.7 Å². The molecule has 0 radical (unpaired) electrons. The third-order valence-electron chi connectivity index (χ3n) is 3.60. The van der Waals surface area contributed by atoms with Gasteiger partial charge in [0.2, 0.25) is 15.9 Å². The molecule has 1 saturated heterocycles. The van der Waals surface area contributed by atoms with Gasteiger partial charge in [0, 0.05) is 26.2 Å². The summed E-state index contributed by atoms with van der Waals surface area (Å²) in [7, 11) is -4.12. The van der Waals surface area contributed by atoms with E-state index >= 15 is 0 Å². The summed E-state index contributed by atoms with van der Waals surface area (Å²) in [5, 5.41) is 2.52. The number of amides is 1. The molecule has 1 amide bonds. The number of halogens is 2. The Kier molecular flexibility index (Phi) is 5.88. The van der Waals surface area contributed by atoms with Gasteiger partial charge in [-0.25, -0.2) is 17.2 Å². The highest BCUT2D eigenvalue weighted by Gasteiger charge is 2.31. The van der Waals surface area contributed by atoms with Crippen LogP contribution in [0.2, 0.25) is 0 Å². The van der Waals surface area contributed by atoms with Crippen molar-refractivity contribution in [3.05, 3.63) is 29.8 Å². The number of benzene rings is 1. The summed E-state index contributed by atoms with van der Waals surface area (Å²) >= 11 is 0. The smallest absolute Gasteiger partial charge is 0.246 e. The Balaban J connectivity index is 2.00. The van der Waals surface area contributed by atoms with E-state index in [0.717, 1.165) is 16.4 Å². The number of piperazine rings is 1. The summed E-state index contributed by atoms with van der Waals surface area (Å²) in [6, 6.07) is 2.32. The predicted molar refractivity (Wildman–Crippen MR) is 83.4 cm³/mol. The number of hydrogen-bond acceptors (Lipinski definition) is 4. The van der Waals surface area contributed by atoms with Gasteiger partial charge < -0.3 is 5.32 Å². The summed E-state index contributed by atoms with van der Waals surface area (Å²) in [6.45, 7) is 1.01. The van der Waals surface area contributed by atoms with Crippen LogP contribution in [0.3, 0.4) is 0 Å². The van der Waals surface area contributed by atoms with Crippen molar-refractivity contribution in [2.24, 2.45) is 0 Å². The number of hydrogen-bond donors (Lipinski definition) is 1. The van der Waals surface area contributed by atoms with Crippen LogP contribution < -0.4 is 5.32 Å². The van der Waals surface area contributed by atoms with Gasteiger partial charge in [-0.1, -0.05) is 5.92 Å². The van der Waals surface area contributed by atoms with Crippen LogP contribution in [0.15, 0.2) is 23.1 Å². The van der Waals surface area contributed by atoms with Gasteiger partial charge >= 0.3 is 0 Å². The molecule has 130 valence electrons. The average Bonchev–Trinajstić information content (AvgIpc) is 2.55. The average molecular weight is 357 g/mol. The Hall–Kier alpha value is -2.02. The van der Waals surface area contributed by atoms with Crippen LogP contribution in [0.5, 0.6) is 0 Å². The third-order valence-corrected chi connectivity index (χ3v) is 5.51. The number of carbonyl (C=O) groups is 1. The van der Waals surface area contributed by atoms with E-state index in [0.29, 0.717) is 19.2 Å². The van der Waals surface area contributed by atoms with Crippen molar-refractivity contribution in [1.29, 1.82) is 0 Å². The van der Waals surface area contributed by atoms with Crippen molar-refractivity contribution < 1.29 is 22.0 Å². The lowest BCUT2D eigenvalue weighted by molar-refractivity contribution is -0.122. The van der Waals surface area contributed by atoms with Crippen molar-refractivity contribution in [2.45, 2.75) is 4.90 Å². The van der Waals surface area contributed by atoms with E-state index in [1.54, 1.807) is 4.90 Å². The predicted octanol–water partition coefficient (Wildman–Crippen LogP) is 0.0205. The first kappa shape index (κ1) is 18.3. The van der Waals surface area contributed by atoms with Crippen LogP contribution >= 0.6 is 0 Å². The zero-order valence-corrected chi connectivity index (χ0v) is 13.7. The maximum absolute atomic E-state index is 13.7. The molecule has 0 spiro atoms. The quantitative estimate of drug-likeness (QED) is 0.755. The van der Waals surface area contributed by atoms with Crippen LogP contribution in [-0.2, 0) is 14.8 Å². The maximum atomic E-state index is 13.7. The summed E-state index contributed by atoms with van der Waals surface area (Å²) in [4.78, 5) is 12.7. The molecule has 0 aromatic heterocycles. The minimum atomic E-state index is -4.12. The van der Waals surface area contributed by atoms with Crippen molar-refractivity contribution in [2.75, 3.05) is 39.3 Å². The SMILES string of the molecule is C#CCNC(=O)CN1CCN(S(=O)(=O)c2cc(F)ccc2F)CC1. The van der Waals surface area contributed by atoms with Gasteiger partial charge in [0.1, 0.15) is 16.5 Å². The van der Waals surface area contributed by atoms with E-state index in [-0.39, 0.29) is 32.1 Å². The molecule has 24 heavy (non-hydrogen) atoms. The maximum Gasteiger partial charge on any atom is 0.246 e. The minimum Gasteiger partial charge on any atom is -0.344 e. The number of nitrogens with one attached hydrogen (secondary N) is 1. The summed E-state index contributed by atoms with van der Waals surface area (Å²) < 4.78 is 52.9. The largest absolute Gasteiger partial charge is 0.344 e. The lowest BCUT2D eigenvalue weighted by atomic mass is 10.3. The molecule has 1 aliphatic heterocycles. The second-order valence-electron chi connectivity index (χ2n) is 5.24. The molecule has 1 aromatic carbocycles. The lowest BCUT2D eigenvalue weighted by Crippen LogP contribution is -2.51. The Labute approximate surface area is 139 Å². The number of sulfonamides is 1. The van der Waals surface area contributed by atoms with Gasteiger partial charge in [-0.3, -0.25) is 9.69 Å². The molecule has 6 nitrogen and oxygen atoms in total. The highest BCUT2D eigenvalue weighted by Crippen LogP contribution is 2.21. The van der Waals surface area contributed by atoms with Crippen molar-refractivity contribution in [3.8, 4) is 12.3 Å². The van der Waals surface area contributed by atoms with Crippen molar-refractivity contribution in [1.82, 2.24) is 14.5 Å². The van der Waals surface area contributed by atoms with E-state index < -0.39 is 26.6 Å². The number of nitrogens with zero attached hydrogens (tertiary/aromatic N) is 2. The van der Waals surface area contributed by atoms with Crippen LogP contribution in [0, 0.1) is 24.0 Å². The Morgan fingerprint density at radius 2 is 1.92 bits per heavy atom. The fourth-order valence-corrected chi connectivity index (χ4v) is 3.85. The second-order valence-corrected chi connectivity index (χ2v) is 7.14. The molecule has 0 atom stereocenters. The first-order chi connectivity index (χ1) is 11.3. The van der Waals surface area contributed by atoms with Crippen LogP contribution in [0.1, 0.15) is 0 Å². The molecule has 1 aromatic rings. The molecular weight excluding hydrogens is 340 g/mol. The third kappa shape index (κ3) is 4.29. The highest BCUT2D eigenvalue weighted by atomic mass is 32.2. The van der Waals surface area contributed by atoms with E-state index in [9.17, 15) is 22.0 Å². The van der Waals surface area contributed by atoms with Crippen molar-refractivity contribution in [3.63, 3.8) is 0 Å². The van der Waals surface area contributed by atoms with Gasteiger partial charge in [-0.15, -0.1) is 6.42 Å². The van der Waals surface area contributed by atoms with E-state index in [2.05, 4.69) is 11.2 Å². The van der Waals surface area contributed by atoms with Gasteiger partial charge in [0.25, 0.3) is 0 Å². The highest BCUT2D eigenvalue weighted by molar-refractivity contribution is 7.89. The number of rotatable bonds is 5. The fraction of sp³-hybridized carbons (Fsp3) is 0.400. The first-order valence-electron chi connectivity index (χ1n) is 7.22. The van der Waals surface area contributed by atoms with E-state index in [4.69, 9.17) is 6.42 Å². The van der Waals surface area contributed by atoms with Gasteiger partial charge in [-0.2, -0.15) is 4.31 Å². The van der Waals surface area contributed by atoms with Crippen LogP contribution in [0.25, 0.3) is 0 Å². The van der Waals surface area contributed by atoms with Gasteiger partial charge in [-0.05, 0) is 18.2 Å². The molecule has 0 saturated carbocycles. The zero-order valence-electron chi connectivity index (χ0n) is 12.8. The number of terminal acetylenes is 1. The van der Waals surface area contributed by atoms with Gasteiger partial charge in [0.15, 0.2) is 0 Å². The Morgan fingerprint density at radius 1 is 1.25 bits per heavy atom. The molecule has 1 heterocycles. The standard InChI is InChI=1S/C15H17F2N3O3S/c1-2-5-18-15(21)11-19-6-8-20(9-7-19)24(22,23)14-10-12(16)3-4-13(14)17/h1,3-4,10H,5-9,11H2,(H,18,21). The second kappa shape index (κ2) is 7.70. The van der Waals surface area contributed by atoms with Gasteiger partial charge in [0.05, 0.1) is 13.1 Å². The summed E-state index contributed by atoms with van der Waals surface area (Å²) in [5.41, 5.74) is 0. The zero-order chi connectivity index (χ0) is 17.7. The first-order valence-corrected chi connectivity index (χ1v) is 8.66. The van der Waals surface area contributed by atoms with E-state index in [1.165, 1.54) is 0 Å². The molecule has 1 N–H and O–H groups in total. The molecule has 1 fully saturated rings. The summed E-state index contributed by atoms with van der Waals surface area (Å²) in [5.74, 6) is 0.223. The molecule has 0 aliphatic carbocycles. The van der Waals surface area contributed by atoms with Crippen molar-refractivity contribution >= 4 is 15.9 Å². The Morgan fingerprint density at radius 3 is 2.54 bits per heavy atom. The molecule has 0 unspecified atom stereocenters. The fourth-order valence-electron chi connectivity index (χ4n) is 2.35. The molecule has 0 bridgehead atoms. The van der Waals surface area contributed by atoms with Crippen LogP contribution in [0.4, 0.5) is 8.78 Å². The van der Waals surface area contributed by atoms with Crippen LogP contribution in [-0.4, -0.2) is 62.8 Å². The van der Waals surface area contributed by atoms with E-state index in [1.807, 2.05) is 0 Å². The Bertz CT molecular complexity index is 754. The monoisotopic (exact) mass is 357 g/mol. The molecule has 9 heteroatoms. The summed E-state index contributed by atoms with van der Waals surface area (Å²) in [6.07, 6.45) is 5.05.